The van der Waals surface area contributed by atoms with Crippen molar-refractivity contribution in [3.63, 3.8) is 0 Å². The molecule has 0 fully saturated rings. The van der Waals surface area contributed by atoms with E-state index < -0.39 is 5.82 Å². The number of amides is 1. The van der Waals surface area contributed by atoms with Gasteiger partial charge in [-0.1, -0.05) is 18.5 Å². The van der Waals surface area contributed by atoms with Gasteiger partial charge in [-0.2, -0.15) is 5.10 Å². The Kier molecular flexibility index (Phi) is 3.26. The zero-order valence-electron chi connectivity index (χ0n) is 9.92. The topological polar surface area (TPSA) is 61.7 Å². The van der Waals surface area contributed by atoms with Crippen LogP contribution in [0.25, 0.3) is 0 Å². The average molecular weight is 271 g/mol. The highest BCUT2D eigenvalue weighted by atomic mass is 35.5. The maximum absolute atomic E-state index is 14.1. The van der Waals surface area contributed by atoms with Crippen LogP contribution in [0.1, 0.15) is 24.5 Å². The maximum Gasteiger partial charge on any atom is 0.240 e. The largest absolute Gasteiger partial charge is 0.506 e. The van der Waals surface area contributed by atoms with Crippen molar-refractivity contribution in [1.29, 1.82) is 0 Å². The number of phenols is 1. The molecular weight excluding hydrogens is 259 g/mol. The van der Waals surface area contributed by atoms with Gasteiger partial charge in [-0.05, 0) is 13.0 Å². The molecular formula is C12H12ClFN2O2. The summed E-state index contributed by atoms with van der Waals surface area (Å²) in [6, 6.07) is 1.33. The first-order valence-electron chi connectivity index (χ1n) is 5.46. The summed E-state index contributed by atoms with van der Waals surface area (Å²) in [7, 11) is 0. The van der Waals surface area contributed by atoms with Gasteiger partial charge in [0.1, 0.15) is 11.6 Å². The van der Waals surface area contributed by atoms with Gasteiger partial charge < -0.3 is 5.11 Å². The first-order chi connectivity index (χ1) is 8.41. The highest BCUT2D eigenvalue weighted by molar-refractivity contribution is 6.32. The Morgan fingerprint density at radius 2 is 2.28 bits per heavy atom. The van der Waals surface area contributed by atoms with Gasteiger partial charge >= 0.3 is 0 Å². The van der Waals surface area contributed by atoms with E-state index in [1.54, 1.807) is 6.92 Å². The Hall–Kier alpha value is -1.62. The molecule has 0 bridgehead atoms. The molecule has 1 aliphatic rings. The molecule has 6 heteroatoms. The second kappa shape index (κ2) is 4.57. The van der Waals surface area contributed by atoms with Crippen LogP contribution in [0.5, 0.6) is 5.75 Å². The minimum atomic E-state index is -0.571. The smallest absolute Gasteiger partial charge is 0.240 e. The molecule has 1 aromatic carbocycles. The minimum Gasteiger partial charge on any atom is -0.506 e. The van der Waals surface area contributed by atoms with Crippen molar-refractivity contribution in [3.8, 4) is 5.75 Å². The molecule has 0 aromatic heterocycles. The zero-order valence-corrected chi connectivity index (χ0v) is 10.7. The fourth-order valence-electron chi connectivity index (χ4n) is 1.91. The molecule has 0 aliphatic carbocycles. The number of nitrogens with one attached hydrogen (secondary N) is 1. The van der Waals surface area contributed by atoms with Crippen LogP contribution in [0, 0.1) is 18.7 Å². The van der Waals surface area contributed by atoms with E-state index in [4.69, 9.17) is 11.6 Å². The highest BCUT2D eigenvalue weighted by Crippen LogP contribution is 2.33. The fraction of sp³-hybridized carbons (Fsp3) is 0.333. The van der Waals surface area contributed by atoms with Gasteiger partial charge in [0.05, 0.1) is 10.7 Å². The van der Waals surface area contributed by atoms with Crippen LogP contribution in [0.4, 0.5) is 4.39 Å². The van der Waals surface area contributed by atoms with E-state index in [1.165, 1.54) is 13.0 Å². The number of carbonyl (C=O) groups is 1. The number of benzene rings is 1. The standard InChI is InChI=1S/C12H12ClFN2O2/c1-5-3-9(17)15-16-11(5)7-4-8(13)12(18)6(2)10(7)14/h4-5,18H,3H2,1-2H3,(H,15,17). The van der Waals surface area contributed by atoms with Gasteiger partial charge in [0.2, 0.25) is 5.91 Å². The number of phenolic OH excluding ortho intramolecular Hbond substituents is 1. The number of hydrogen-bond donors (Lipinski definition) is 2. The van der Waals surface area contributed by atoms with Crippen LogP contribution in [0.2, 0.25) is 5.02 Å². The first kappa shape index (κ1) is 12.8. The summed E-state index contributed by atoms with van der Waals surface area (Å²) in [5.74, 6) is -1.24. The Balaban J connectivity index is 2.55. The highest BCUT2D eigenvalue weighted by Gasteiger charge is 2.26. The van der Waals surface area contributed by atoms with E-state index in [0.29, 0.717) is 5.71 Å². The summed E-state index contributed by atoms with van der Waals surface area (Å²) >= 11 is 5.83. The second-order valence-corrected chi connectivity index (χ2v) is 4.74. The predicted octanol–water partition coefficient (Wildman–Crippen LogP) is 2.35. The number of hydrazone groups is 1. The summed E-state index contributed by atoms with van der Waals surface area (Å²) < 4.78 is 14.1. The Bertz CT molecular complexity index is 557. The van der Waals surface area contributed by atoms with Crippen molar-refractivity contribution in [1.82, 2.24) is 5.43 Å². The molecule has 0 saturated carbocycles. The summed E-state index contributed by atoms with van der Waals surface area (Å²) in [5, 5.41) is 13.5. The molecule has 1 aromatic rings. The lowest BCUT2D eigenvalue weighted by molar-refractivity contribution is -0.121. The van der Waals surface area contributed by atoms with E-state index in [0.717, 1.165) is 0 Å². The third kappa shape index (κ3) is 2.06. The van der Waals surface area contributed by atoms with Crippen LogP contribution < -0.4 is 5.43 Å². The molecule has 18 heavy (non-hydrogen) atoms. The molecule has 1 atom stereocenters. The molecule has 0 saturated heterocycles. The van der Waals surface area contributed by atoms with E-state index in [1.807, 2.05) is 0 Å². The maximum atomic E-state index is 14.1. The zero-order chi connectivity index (χ0) is 13.4. The van der Waals surface area contributed by atoms with Crippen molar-refractivity contribution in [2.45, 2.75) is 20.3 Å². The lowest BCUT2D eigenvalue weighted by atomic mass is 9.92. The van der Waals surface area contributed by atoms with Gasteiger partial charge in [0, 0.05) is 23.5 Å². The van der Waals surface area contributed by atoms with Crippen LogP contribution in [0.15, 0.2) is 11.2 Å². The molecule has 1 amide bonds. The number of aromatic hydroxyl groups is 1. The summed E-state index contributed by atoms with van der Waals surface area (Å²) in [5.41, 5.74) is 3.03. The third-order valence-electron chi connectivity index (χ3n) is 2.95. The molecule has 1 aliphatic heterocycles. The Labute approximate surface area is 108 Å². The normalized spacial score (nSPS) is 19.4. The molecule has 4 nitrogen and oxygen atoms in total. The van der Waals surface area contributed by atoms with Gasteiger partial charge in [-0.3, -0.25) is 4.79 Å². The van der Waals surface area contributed by atoms with E-state index in [9.17, 15) is 14.3 Å². The van der Waals surface area contributed by atoms with Crippen molar-refractivity contribution < 1.29 is 14.3 Å². The molecule has 1 unspecified atom stereocenters. The van der Waals surface area contributed by atoms with Gasteiger partial charge in [-0.25, -0.2) is 9.82 Å². The monoisotopic (exact) mass is 270 g/mol. The molecule has 0 spiro atoms. The van der Waals surface area contributed by atoms with Crippen LogP contribution in [-0.2, 0) is 4.79 Å². The van der Waals surface area contributed by atoms with E-state index in [-0.39, 0.29) is 40.1 Å². The van der Waals surface area contributed by atoms with Gasteiger partial charge in [0.15, 0.2) is 0 Å². The van der Waals surface area contributed by atoms with Crippen molar-refractivity contribution >= 4 is 23.2 Å². The van der Waals surface area contributed by atoms with Gasteiger partial charge in [-0.15, -0.1) is 0 Å². The summed E-state index contributed by atoms with van der Waals surface area (Å²) in [4.78, 5) is 11.1. The van der Waals surface area contributed by atoms with Crippen LogP contribution in [-0.4, -0.2) is 16.7 Å². The Morgan fingerprint density at radius 3 is 2.89 bits per heavy atom. The van der Waals surface area contributed by atoms with E-state index >= 15 is 0 Å². The van der Waals surface area contributed by atoms with Crippen molar-refractivity contribution in [2.24, 2.45) is 11.0 Å². The average Bonchev–Trinajstić information content (AvgIpc) is 2.32. The predicted molar refractivity (Wildman–Crippen MR) is 66.3 cm³/mol. The molecule has 1 heterocycles. The SMILES string of the molecule is Cc1c(O)c(Cl)cc(C2=NNC(=O)CC2C)c1F. The second-order valence-electron chi connectivity index (χ2n) is 4.33. The quantitative estimate of drug-likeness (QED) is 0.823. The number of nitrogens with zero attached hydrogens (tertiary/aromatic N) is 1. The van der Waals surface area contributed by atoms with E-state index in [2.05, 4.69) is 10.5 Å². The lowest BCUT2D eigenvalue weighted by Gasteiger charge is -2.20. The number of hydrogen-bond acceptors (Lipinski definition) is 3. The molecule has 2 N–H and O–H groups in total. The van der Waals surface area contributed by atoms with Crippen LogP contribution >= 0.6 is 11.6 Å². The van der Waals surface area contributed by atoms with Crippen molar-refractivity contribution in [3.05, 3.63) is 28.0 Å². The first-order valence-corrected chi connectivity index (χ1v) is 5.84. The molecule has 2 rings (SSSR count). The number of carbonyl (C=O) groups excluding carboxylic acids is 1. The van der Waals surface area contributed by atoms with Gasteiger partial charge in [0.25, 0.3) is 0 Å². The minimum absolute atomic E-state index is 0.0655. The summed E-state index contributed by atoms with van der Waals surface area (Å²) in [6.07, 6.45) is 0.246. The lowest BCUT2D eigenvalue weighted by Crippen LogP contribution is -2.32. The van der Waals surface area contributed by atoms with Crippen LogP contribution in [0.3, 0.4) is 0 Å². The number of halogens is 2. The summed E-state index contributed by atoms with van der Waals surface area (Å²) in [6.45, 7) is 3.22. The molecule has 96 valence electrons. The fourth-order valence-corrected chi connectivity index (χ4v) is 2.16. The van der Waals surface area contributed by atoms with Crippen molar-refractivity contribution in [2.75, 3.05) is 0 Å². The number of rotatable bonds is 1. The molecule has 0 radical (unpaired) electrons. The Morgan fingerprint density at radius 1 is 1.61 bits per heavy atom. The third-order valence-corrected chi connectivity index (χ3v) is 3.24.